The number of aliphatic hydroxyl groups excluding tert-OH is 1. The van der Waals surface area contributed by atoms with Crippen molar-refractivity contribution in [2.45, 2.75) is 6.42 Å². The average molecular weight is 260 g/mol. The van der Waals surface area contributed by atoms with Gasteiger partial charge >= 0.3 is 0 Å². The molecule has 0 heterocycles. The molecule has 0 saturated carbocycles. The fourth-order valence-corrected chi connectivity index (χ4v) is 1.87. The van der Waals surface area contributed by atoms with Crippen molar-refractivity contribution in [2.75, 3.05) is 6.61 Å². The average Bonchev–Trinajstić information content (AvgIpc) is 2.43. The first-order valence-corrected chi connectivity index (χ1v) is 6.03. The van der Waals surface area contributed by atoms with Gasteiger partial charge < -0.3 is 5.11 Å². The highest BCUT2D eigenvalue weighted by molar-refractivity contribution is 5.79. The first kappa shape index (κ1) is 13.4. The third-order valence-corrected chi connectivity index (χ3v) is 2.79. The molecule has 19 heavy (non-hydrogen) atoms. The monoisotopic (exact) mass is 260 g/mol. The highest BCUT2D eigenvalue weighted by Gasteiger charge is 2.05. The van der Waals surface area contributed by atoms with Gasteiger partial charge in [-0.25, -0.2) is 8.78 Å². The zero-order valence-electron chi connectivity index (χ0n) is 10.3. The van der Waals surface area contributed by atoms with Crippen molar-refractivity contribution in [3.8, 4) is 0 Å². The summed E-state index contributed by atoms with van der Waals surface area (Å²) in [5.74, 6) is -0.603. The maximum absolute atomic E-state index is 12.9. The van der Waals surface area contributed by atoms with E-state index in [0.717, 1.165) is 16.7 Å². The maximum Gasteiger partial charge on any atom is 0.123 e. The number of hydrogen-bond donors (Lipinski definition) is 1. The van der Waals surface area contributed by atoms with Gasteiger partial charge in [0.1, 0.15) is 11.6 Å². The van der Waals surface area contributed by atoms with Crippen molar-refractivity contribution in [3.63, 3.8) is 0 Å². The molecular formula is C16H14F2O. The van der Waals surface area contributed by atoms with Crippen molar-refractivity contribution in [3.05, 3.63) is 77.4 Å². The van der Waals surface area contributed by atoms with Gasteiger partial charge in [0.05, 0.1) is 0 Å². The zero-order valence-corrected chi connectivity index (χ0v) is 10.3. The van der Waals surface area contributed by atoms with Gasteiger partial charge in [-0.2, -0.15) is 0 Å². The molecule has 0 saturated heterocycles. The Labute approximate surface area is 110 Å². The molecule has 0 radical (unpaired) electrons. The molecule has 3 heteroatoms. The first-order chi connectivity index (χ1) is 9.20. The van der Waals surface area contributed by atoms with Gasteiger partial charge in [0.25, 0.3) is 0 Å². The van der Waals surface area contributed by atoms with Crippen LogP contribution < -0.4 is 0 Å². The molecule has 0 spiro atoms. The number of aliphatic hydroxyl groups is 1. The molecule has 0 fully saturated rings. The molecule has 0 aliphatic rings. The Bertz CT molecular complexity index is 509. The molecule has 0 bridgehead atoms. The Kier molecular flexibility index (Phi) is 4.42. The molecular weight excluding hydrogens is 246 g/mol. The minimum atomic E-state index is -0.302. The van der Waals surface area contributed by atoms with E-state index in [2.05, 4.69) is 0 Å². The van der Waals surface area contributed by atoms with Gasteiger partial charge in [0.15, 0.2) is 0 Å². The highest BCUT2D eigenvalue weighted by atomic mass is 19.1. The molecule has 0 aliphatic carbocycles. The minimum Gasteiger partial charge on any atom is -0.396 e. The summed E-state index contributed by atoms with van der Waals surface area (Å²) in [5.41, 5.74) is 2.52. The van der Waals surface area contributed by atoms with E-state index in [-0.39, 0.29) is 18.2 Å². The molecule has 0 aromatic heterocycles. The van der Waals surface area contributed by atoms with Crippen LogP contribution in [0.1, 0.15) is 17.5 Å². The van der Waals surface area contributed by atoms with E-state index in [4.69, 9.17) is 5.11 Å². The van der Waals surface area contributed by atoms with Gasteiger partial charge in [-0.05, 0) is 47.4 Å². The number of halogens is 2. The summed E-state index contributed by atoms with van der Waals surface area (Å²) in [7, 11) is 0. The SMILES string of the molecule is OCCC=C(c1ccc(F)cc1)c1ccc(F)cc1. The van der Waals surface area contributed by atoms with Crippen LogP contribution in [-0.2, 0) is 0 Å². The van der Waals surface area contributed by atoms with Gasteiger partial charge in [-0.3, -0.25) is 0 Å². The van der Waals surface area contributed by atoms with E-state index in [9.17, 15) is 8.78 Å². The summed E-state index contributed by atoms with van der Waals surface area (Å²) < 4.78 is 25.9. The van der Waals surface area contributed by atoms with E-state index in [0.29, 0.717) is 6.42 Å². The standard InChI is InChI=1S/C16H14F2O/c17-14-7-3-12(4-8-14)16(2-1-11-19)13-5-9-15(18)10-6-13/h2-10,19H,1,11H2. The lowest BCUT2D eigenvalue weighted by molar-refractivity contribution is 0.303. The van der Waals surface area contributed by atoms with Crippen LogP contribution in [0.5, 0.6) is 0 Å². The van der Waals surface area contributed by atoms with Gasteiger partial charge in [0, 0.05) is 6.61 Å². The Hall–Kier alpha value is -2.00. The van der Waals surface area contributed by atoms with Gasteiger partial charge in [-0.15, -0.1) is 0 Å². The normalized spacial score (nSPS) is 10.3. The number of hydrogen-bond acceptors (Lipinski definition) is 1. The lowest BCUT2D eigenvalue weighted by Crippen LogP contribution is -1.90. The lowest BCUT2D eigenvalue weighted by atomic mass is 9.97. The molecule has 2 aromatic rings. The first-order valence-electron chi connectivity index (χ1n) is 6.03. The summed E-state index contributed by atoms with van der Waals surface area (Å²) in [6, 6.07) is 12.2. The quantitative estimate of drug-likeness (QED) is 0.887. The fraction of sp³-hybridized carbons (Fsp3) is 0.125. The van der Waals surface area contributed by atoms with Gasteiger partial charge in [-0.1, -0.05) is 30.3 Å². The summed E-state index contributed by atoms with van der Waals surface area (Å²) in [6.07, 6.45) is 2.35. The number of rotatable bonds is 4. The maximum atomic E-state index is 12.9. The summed E-state index contributed by atoms with van der Waals surface area (Å²) in [6.45, 7) is 0.0336. The van der Waals surface area contributed by atoms with Crippen LogP contribution in [0.15, 0.2) is 54.6 Å². The fourth-order valence-electron chi connectivity index (χ4n) is 1.87. The largest absolute Gasteiger partial charge is 0.396 e. The van der Waals surface area contributed by atoms with E-state index in [1.165, 1.54) is 24.3 Å². The molecule has 0 unspecified atom stereocenters. The third-order valence-electron chi connectivity index (χ3n) is 2.79. The Morgan fingerprint density at radius 1 is 0.842 bits per heavy atom. The van der Waals surface area contributed by atoms with Crippen LogP contribution in [-0.4, -0.2) is 11.7 Å². The van der Waals surface area contributed by atoms with Gasteiger partial charge in [0.2, 0.25) is 0 Å². The molecule has 1 nitrogen and oxygen atoms in total. The predicted molar refractivity (Wildman–Crippen MR) is 71.6 cm³/mol. The molecule has 0 aliphatic heterocycles. The third kappa shape index (κ3) is 3.48. The van der Waals surface area contributed by atoms with Crippen LogP contribution in [0, 0.1) is 11.6 Å². The topological polar surface area (TPSA) is 20.2 Å². The van der Waals surface area contributed by atoms with Crippen LogP contribution in [0.3, 0.4) is 0 Å². The zero-order chi connectivity index (χ0) is 13.7. The predicted octanol–water partition coefficient (Wildman–Crippen LogP) is 3.78. The Morgan fingerprint density at radius 2 is 1.26 bits per heavy atom. The van der Waals surface area contributed by atoms with Crippen molar-refractivity contribution in [1.82, 2.24) is 0 Å². The molecule has 1 N–H and O–H groups in total. The van der Waals surface area contributed by atoms with Crippen LogP contribution in [0.25, 0.3) is 5.57 Å². The molecule has 0 amide bonds. The summed E-state index contributed by atoms with van der Waals surface area (Å²) >= 11 is 0. The summed E-state index contributed by atoms with van der Waals surface area (Å²) in [5, 5.41) is 8.93. The highest BCUT2D eigenvalue weighted by Crippen LogP contribution is 2.24. The molecule has 2 aromatic carbocycles. The van der Waals surface area contributed by atoms with Crippen LogP contribution in [0.4, 0.5) is 8.78 Å². The lowest BCUT2D eigenvalue weighted by Gasteiger charge is -2.08. The smallest absolute Gasteiger partial charge is 0.123 e. The van der Waals surface area contributed by atoms with E-state index in [1.54, 1.807) is 24.3 Å². The Balaban J connectivity index is 2.41. The minimum absolute atomic E-state index is 0.0336. The molecule has 98 valence electrons. The van der Waals surface area contributed by atoms with E-state index in [1.807, 2.05) is 6.08 Å². The second-order valence-corrected chi connectivity index (χ2v) is 4.14. The second-order valence-electron chi connectivity index (χ2n) is 4.14. The van der Waals surface area contributed by atoms with Crippen LogP contribution in [0.2, 0.25) is 0 Å². The van der Waals surface area contributed by atoms with Crippen molar-refractivity contribution < 1.29 is 13.9 Å². The number of benzene rings is 2. The molecule has 2 rings (SSSR count). The van der Waals surface area contributed by atoms with Crippen LogP contribution >= 0.6 is 0 Å². The van der Waals surface area contributed by atoms with Crippen molar-refractivity contribution in [1.29, 1.82) is 0 Å². The van der Waals surface area contributed by atoms with E-state index >= 15 is 0 Å². The Morgan fingerprint density at radius 3 is 1.63 bits per heavy atom. The molecule has 0 atom stereocenters. The second kappa shape index (κ2) is 6.25. The van der Waals surface area contributed by atoms with Crippen molar-refractivity contribution in [2.24, 2.45) is 0 Å². The van der Waals surface area contributed by atoms with E-state index < -0.39 is 0 Å². The summed E-state index contributed by atoms with van der Waals surface area (Å²) in [4.78, 5) is 0. The van der Waals surface area contributed by atoms with Crippen molar-refractivity contribution >= 4 is 5.57 Å².